The summed E-state index contributed by atoms with van der Waals surface area (Å²) in [7, 11) is 0. The van der Waals surface area contributed by atoms with Gasteiger partial charge < -0.3 is 20.5 Å². The van der Waals surface area contributed by atoms with Crippen LogP contribution in [0.5, 0.6) is 0 Å². The van der Waals surface area contributed by atoms with Crippen molar-refractivity contribution in [1.82, 2.24) is 19.9 Å². The van der Waals surface area contributed by atoms with Crippen LogP contribution >= 0.6 is 0 Å². The molecule has 0 spiro atoms. The molecular formula is C24H26FN5O4. The summed E-state index contributed by atoms with van der Waals surface area (Å²) in [5.41, 5.74) is 7.21. The number of nitrogens with one attached hydrogen (secondary N) is 1. The number of imidazole rings is 1. The van der Waals surface area contributed by atoms with E-state index >= 15 is 0 Å². The standard InChI is InChI=1S/C24H26FN5O4/c1-2-3-6-20(24(23(26)32)33-12-13-34-24)29-22(31)18-5-4-11-27-21(18)30-14-19(28-15-30)16-7-9-17(25)10-8-16/h4-5,7-11,14-15,20H,2-3,6,12-13H2,1H3,(H2,26,32)(H,29,31). The quantitative estimate of drug-likeness (QED) is 0.499. The van der Waals surface area contributed by atoms with Crippen LogP contribution in [0.1, 0.15) is 36.5 Å². The molecule has 0 bridgehead atoms. The molecule has 9 nitrogen and oxygen atoms in total. The van der Waals surface area contributed by atoms with Crippen molar-refractivity contribution in [3.63, 3.8) is 0 Å². The number of hydrogen-bond acceptors (Lipinski definition) is 6. The summed E-state index contributed by atoms with van der Waals surface area (Å²) in [6, 6.07) is 8.45. The van der Waals surface area contributed by atoms with Crippen LogP contribution in [0.25, 0.3) is 17.1 Å². The fourth-order valence-corrected chi connectivity index (χ4v) is 3.93. The summed E-state index contributed by atoms with van der Waals surface area (Å²) in [6.07, 6.45) is 6.82. The number of carbonyl (C=O) groups is 2. The molecule has 10 heteroatoms. The minimum Gasteiger partial charge on any atom is -0.365 e. The molecule has 1 fully saturated rings. The summed E-state index contributed by atoms with van der Waals surface area (Å²) >= 11 is 0. The SMILES string of the molecule is CCCCC(NC(=O)c1cccnc1-n1cnc(-c2ccc(F)cc2)c1)C1(C(N)=O)OCCO1. The third-order valence-corrected chi connectivity index (χ3v) is 5.67. The molecule has 4 rings (SSSR count). The Kier molecular flexibility index (Phi) is 6.99. The topological polar surface area (TPSA) is 121 Å². The van der Waals surface area contributed by atoms with Crippen molar-refractivity contribution < 1.29 is 23.5 Å². The zero-order chi connectivity index (χ0) is 24.1. The first-order valence-corrected chi connectivity index (χ1v) is 11.1. The Bertz CT molecular complexity index is 1160. The number of halogens is 1. The number of carbonyl (C=O) groups excluding carboxylic acids is 2. The Morgan fingerprint density at radius 3 is 2.62 bits per heavy atom. The van der Waals surface area contributed by atoms with Gasteiger partial charge in [-0.15, -0.1) is 0 Å². The van der Waals surface area contributed by atoms with E-state index in [2.05, 4.69) is 15.3 Å². The van der Waals surface area contributed by atoms with Crippen molar-refractivity contribution in [1.29, 1.82) is 0 Å². The van der Waals surface area contributed by atoms with E-state index in [0.29, 0.717) is 17.9 Å². The number of primary amides is 1. The molecule has 3 heterocycles. The molecule has 178 valence electrons. The largest absolute Gasteiger partial charge is 0.365 e. The van der Waals surface area contributed by atoms with Crippen molar-refractivity contribution in [3.8, 4) is 17.1 Å². The number of benzene rings is 1. The lowest BCUT2D eigenvalue weighted by atomic mass is 9.99. The van der Waals surface area contributed by atoms with Gasteiger partial charge in [0.1, 0.15) is 12.1 Å². The van der Waals surface area contributed by atoms with E-state index in [4.69, 9.17) is 15.2 Å². The molecule has 1 atom stereocenters. The lowest BCUT2D eigenvalue weighted by Crippen LogP contribution is -2.60. The number of nitrogens with two attached hydrogens (primary N) is 1. The van der Waals surface area contributed by atoms with Gasteiger partial charge in [-0.3, -0.25) is 14.2 Å². The third kappa shape index (κ3) is 4.68. The minimum atomic E-state index is -1.71. The van der Waals surface area contributed by atoms with Crippen LogP contribution in [0.2, 0.25) is 0 Å². The highest BCUT2D eigenvalue weighted by atomic mass is 19.1. The maximum absolute atomic E-state index is 13.4. The fourth-order valence-electron chi connectivity index (χ4n) is 3.93. The van der Waals surface area contributed by atoms with Crippen LogP contribution in [0.3, 0.4) is 0 Å². The van der Waals surface area contributed by atoms with Crippen molar-refractivity contribution in [2.45, 2.75) is 38.0 Å². The molecule has 0 radical (unpaired) electrons. The van der Waals surface area contributed by atoms with E-state index in [1.54, 1.807) is 41.2 Å². The van der Waals surface area contributed by atoms with E-state index in [-0.39, 0.29) is 24.6 Å². The normalized spacial score (nSPS) is 15.7. The van der Waals surface area contributed by atoms with E-state index in [1.165, 1.54) is 18.5 Å². The van der Waals surface area contributed by atoms with E-state index < -0.39 is 23.6 Å². The van der Waals surface area contributed by atoms with Gasteiger partial charge in [0.25, 0.3) is 17.6 Å². The minimum absolute atomic E-state index is 0.209. The molecular weight excluding hydrogens is 441 g/mol. The van der Waals surface area contributed by atoms with Crippen molar-refractivity contribution in [3.05, 3.63) is 66.5 Å². The number of ether oxygens (including phenoxy) is 2. The first kappa shape index (κ1) is 23.5. The lowest BCUT2D eigenvalue weighted by molar-refractivity contribution is -0.190. The second-order valence-electron chi connectivity index (χ2n) is 7.94. The second-order valence-corrected chi connectivity index (χ2v) is 7.94. The van der Waals surface area contributed by atoms with Gasteiger partial charge in [0.05, 0.1) is 30.5 Å². The number of hydrogen-bond donors (Lipinski definition) is 2. The molecule has 1 aliphatic rings. The molecule has 34 heavy (non-hydrogen) atoms. The van der Waals surface area contributed by atoms with E-state index in [0.717, 1.165) is 18.4 Å². The lowest BCUT2D eigenvalue weighted by Gasteiger charge is -2.33. The van der Waals surface area contributed by atoms with Crippen LogP contribution < -0.4 is 11.1 Å². The van der Waals surface area contributed by atoms with Crippen LogP contribution in [0.15, 0.2) is 55.1 Å². The van der Waals surface area contributed by atoms with Gasteiger partial charge in [-0.25, -0.2) is 14.4 Å². The molecule has 3 aromatic rings. The molecule has 1 saturated heterocycles. The average Bonchev–Trinajstić information content (AvgIpc) is 3.53. The molecule has 1 unspecified atom stereocenters. The molecule has 3 N–H and O–H groups in total. The van der Waals surface area contributed by atoms with Crippen LogP contribution in [-0.2, 0) is 14.3 Å². The molecule has 0 aliphatic carbocycles. The van der Waals surface area contributed by atoms with Gasteiger partial charge in [0.15, 0.2) is 5.82 Å². The first-order chi connectivity index (χ1) is 16.4. The fraction of sp³-hybridized carbons (Fsp3) is 0.333. The van der Waals surface area contributed by atoms with Gasteiger partial charge in [-0.2, -0.15) is 0 Å². The summed E-state index contributed by atoms with van der Waals surface area (Å²) in [4.78, 5) is 34.3. The summed E-state index contributed by atoms with van der Waals surface area (Å²) in [5.74, 6) is -2.94. The molecule has 1 aromatic carbocycles. The zero-order valence-corrected chi connectivity index (χ0v) is 18.7. The van der Waals surface area contributed by atoms with Gasteiger partial charge in [0, 0.05) is 18.0 Å². The molecule has 2 amide bonds. The van der Waals surface area contributed by atoms with Crippen LogP contribution in [0.4, 0.5) is 4.39 Å². The average molecular weight is 468 g/mol. The maximum atomic E-state index is 13.4. The predicted octanol–water partition coefficient (Wildman–Crippen LogP) is 2.59. The summed E-state index contributed by atoms with van der Waals surface area (Å²) in [5, 5.41) is 2.88. The number of amides is 2. The Morgan fingerprint density at radius 1 is 1.21 bits per heavy atom. The van der Waals surface area contributed by atoms with E-state index in [1.807, 2.05) is 6.92 Å². The Hall–Kier alpha value is -3.63. The highest BCUT2D eigenvalue weighted by molar-refractivity contribution is 5.98. The second kappa shape index (κ2) is 10.1. The predicted molar refractivity (Wildman–Crippen MR) is 121 cm³/mol. The van der Waals surface area contributed by atoms with E-state index in [9.17, 15) is 14.0 Å². The Labute approximate surface area is 196 Å². The Morgan fingerprint density at radius 2 is 1.94 bits per heavy atom. The first-order valence-electron chi connectivity index (χ1n) is 11.1. The van der Waals surface area contributed by atoms with Gasteiger partial charge in [-0.1, -0.05) is 19.8 Å². The maximum Gasteiger partial charge on any atom is 0.280 e. The van der Waals surface area contributed by atoms with Gasteiger partial charge in [0.2, 0.25) is 0 Å². The summed E-state index contributed by atoms with van der Waals surface area (Å²) < 4.78 is 26.1. The number of pyridine rings is 1. The van der Waals surface area contributed by atoms with Crippen LogP contribution in [0, 0.1) is 5.82 Å². The zero-order valence-electron chi connectivity index (χ0n) is 18.7. The third-order valence-electron chi connectivity index (χ3n) is 5.67. The number of nitrogens with zero attached hydrogens (tertiary/aromatic N) is 3. The monoisotopic (exact) mass is 467 g/mol. The molecule has 0 saturated carbocycles. The highest BCUT2D eigenvalue weighted by Crippen LogP contribution is 2.27. The van der Waals surface area contributed by atoms with Crippen molar-refractivity contribution in [2.24, 2.45) is 5.73 Å². The molecule has 1 aliphatic heterocycles. The number of aromatic nitrogens is 3. The highest BCUT2D eigenvalue weighted by Gasteiger charge is 2.50. The van der Waals surface area contributed by atoms with Gasteiger partial charge >= 0.3 is 0 Å². The van der Waals surface area contributed by atoms with Gasteiger partial charge in [-0.05, 0) is 42.8 Å². The van der Waals surface area contributed by atoms with Crippen LogP contribution in [-0.4, -0.2) is 51.4 Å². The van der Waals surface area contributed by atoms with Crippen molar-refractivity contribution in [2.75, 3.05) is 13.2 Å². The number of rotatable bonds is 9. The smallest absolute Gasteiger partial charge is 0.280 e. The molecule has 2 aromatic heterocycles. The Balaban J connectivity index is 1.62. The number of unbranched alkanes of at least 4 members (excludes halogenated alkanes) is 1. The summed E-state index contributed by atoms with van der Waals surface area (Å²) in [6.45, 7) is 2.42. The van der Waals surface area contributed by atoms with Crippen molar-refractivity contribution >= 4 is 11.8 Å².